The average Bonchev–Trinajstić information content (AvgIpc) is 2.39. The van der Waals surface area contributed by atoms with E-state index in [1.54, 1.807) is 0 Å². The molecule has 1 heterocycles. The van der Waals surface area contributed by atoms with Crippen LogP contribution >= 0.6 is 12.4 Å². The molecule has 3 atom stereocenters. The van der Waals surface area contributed by atoms with Gasteiger partial charge in [-0.1, -0.05) is 37.3 Å². The standard InChI is InChI=1S/C16H24N2O.ClH/c1-4-15(14-8-6-5-7-9-14)16(19)18-10-12(2)17-13(3)11-18;/h5-9,12-13,15,17H,4,10-11H2,1-3H3;1H. The van der Waals surface area contributed by atoms with Gasteiger partial charge in [-0.15, -0.1) is 12.4 Å². The number of piperazine rings is 1. The number of hydrogen-bond donors (Lipinski definition) is 1. The second kappa shape index (κ2) is 7.65. The van der Waals surface area contributed by atoms with Crippen LogP contribution in [0.1, 0.15) is 38.7 Å². The third-order valence-electron chi connectivity index (χ3n) is 3.78. The normalized spacial score (nSPS) is 23.9. The van der Waals surface area contributed by atoms with Crippen molar-refractivity contribution in [3.63, 3.8) is 0 Å². The van der Waals surface area contributed by atoms with Gasteiger partial charge in [-0.05, 0) is 25.8 Å². The predicted molar refractivity (Wildman–Crippen MR) is 85.4 cm³/mol. The Morgan fingerprint density at radius 2 is 1.80 bits per heavy atom. The molecule has 1 aliphatic rings. The maximum Gasteiger partial charge on any atom is 0.230 e. The van der Waals surface area contributed by atoms with Gasteiger partial charge in [0.15, 0.2) is 0 Å². The van der Waals surface area contributed by atoms with Crippen molar-refractivity contribution in [2.45, 2.75) is 45.2 Å². The number of halogens is 1. The van der Waals surface area contributed by atoms with Gasteiger partial charge in [-0.3, -0.25) is 4.79 Å². The average molecular weight is 297 g/mol. The van der Waals surface area contributed by atoms with E-state index < -0.39 is 0 Å². The van der Waals surface area contributed by atoms with Crippen LogP contribution in [0.25, 0.3) is 0 Å². The number of amides is 1. The SMILES string of the molecule is CCC(C(=O)N1CC(C)NC(C)C1)c1ccccc1.Cl. The summed E-state index contributed by atoms with van der Waals surface area (Å²) in [5.74, 6) is 0.271. The van der Waals surface area contributed by atoms with E-state index in [1.807, 2.05) is 23.1 Å². The maximum absolute atomic E-state index is 12.7. The summed E-state index contributed by atoms with van der Waals surface area (Å²) in [7, 11) is 0. The van der Waals surface area contributed by atoms with Crippen LogP contribution < -0.4 is 5.32 Å². The largest absolute Gasteiger partial charge is 0.339 e. The lowest BCUT2D eigenvalue weighted by molar-refractivity contribution is -0.134. The van der Waals surface area contributed by atoms with Crippen molar-refractivity contribution in [3.05, 3.63) is 35.9 Å². The molecule has 1 amide bonds. The van der Waals surface area contributed by atoms with Crippen LogP contribution in [0.4, 0.5) is 0 Å². The van der Waals surface area contributed by atoms with Crippen LogP contribution in [0.15, 0.2) is 30.3 Å². The van der Waals surface area contributed by atoms with E-state index in [1.165, 1.54) is 0 Å². The van der Waals surface area contributed by atoms with Crippen molar-refractivity contribution < 1.29 is 4.79 Å². The van der Waals surface area contributed by atoms with Crippen molar-refractivity contribution in [2.75, 3.05) is 13.1 Å². The van der Waals surface area contributed by atoms with Crippen LogP contribution in [0.2, 0.25) is 0 Å². The van der Waals surface area contributed by atoms with Gasteiger partial charge in [0.25, 0.3) is 0 Å². The van der Waals surface area contributed by atoms with Gasteiger partial charge in [0, 0.05) is 25.2 Å². The van der Waals surface area contributed by atoms with Crippen LogP contribution in [0.3, 0.4) is 0 Å². The van der Waals surface area contributed by atoms with Gasteiger partial charge in [0.1, 0.15) is 0 Å². The summed E-state index contributed by atoms with van der Waals surface area (Å²) in [6.45, 7) is 7.99. The Hall–Kier alpha value is -1.06. The molecule has 1 N–H and O–H groups in total. The summed E-state index contributed by atoms with van der Waals surface area (Å²) < 4.78 is 0. The van der Waals surface area contributed by atoms with E-state index in [4.69, 9.17) is 0 Å². The maximum atomic E-state index is 12.7. The summed E-state index contributed by atoms with van der Waals surface area (Å²) in [5, 5.41) is 3.47. The van der Waals surface area contributed by atoms with Crippen molar-refractivity contribution in [2.24, 2.45) is 0 Å². The molecule has 0 aromatic heterocycles. The van der Waals surface area contributed by atoms with Crippen molar-refractivity contribution in [1.29, 1.82) is 0 Å². The van der Waals surface area contributed by atoms with Crippen molar-refractivity contribution in [3.8, 4) is 0 Å². The fourth-order valence-corrected chi connectivity index (χ4v) is 2.97. The number of rotatable bonds is 3. The Kier molecular flexibility index (Phi) is 6.50. The van der Waals surface area contributed by atoms with Crippen LogP contribution in [-0.4, -0.2) is 36.0 Å². The van der Waals surface area contributed by atoms with E-state index in [-0.39, 0.29) is 24.2 Å². The fraction of sp³-hybridized carbons (Fsp3) is 0.562. The number of nitrogens with one attached hydrogen (secondary N) is 1. The summed E-state index contributed by atoms with van der Waals surface area (Å²) in [4.78, 5) is 14.7. The zero-order valence-corrected chi connectivity index (χ0v) is 13.3. The van der Waals surface area contributed by atoms with Gasteiger partial charge in [-0.2, -0.15) is 0 Å². The molecule has 0 bridgehead atoms. The molecule has 1 saturated heterocycles. The molecule has 112 valence electrons. The van der Waals surface area contributed by atoms with E-state index in [9.17, 15) is 4.79 Å². The topological polar surface area (TPSA) is 32.3 Å². The third kappa shape index (κ3) is 3.97. The first-order valence-corrected chi connectivity index (χ1v) is 7.21. The van der Waals surface area contributed by atoms with E-state index in [2.05, 4.69) is 38.2 Å². The highest BCUT2D eigenvalue weighted by Gasteiger charge is 2.29. The van der Waals surface area contributed by atoms with Crippen LogP contribution in [0, 0.1) is 0 Å². The molecular formula is C16H25ClN2O. The van der Waals surface area contributed by atoms with Crippen LogP contribution in [0.5, 0.6) is 0 Å². The monoisotopic (exact) mass is 296 g/mol. The zero-order valence-electron chi connectivity index (χ0n) is 12.5. The molecule has 3 unspecified atom stereocenters. The minimum absolute atomic E-state index is 0. The van der Waals surface area contributed by atoms with Crippen molar-refractivity contribution >= 4 is 18.3 Å². The molecule has 4 heteroatoms. The number of carbonyl (C=O) groups is 1. The quantitative estimate of drug-likeness (QED) is 0.930. The molecule has 3 nitrogen and oxygen atoms in total. The van der Waals surface area contributed by atoms with Gasteiger partial charge in [0.05, 0.1) is 5.92 Å². The zero-order chi connectivity index (χ0) is 13.8. The van der Waals surface area contributed by atoms with E-state index in [0.717, 1.165) is 25.1 Å². The molecule has 1 aromatic rings. The smallest absolute Gasteiger partial charge is 0.230 e. The minimum Gasteiger partial charge on any atom is -0.339 e. The van der Waals surface area contributed by atoms with Gasteiger partial charge in [0.2, 0.25) is 5.91 Å². The Balaban J connectivity index is 0.00000200. The number of hydrogen-bond acceptors (Lipinski definition) is 2. The highest BCUT2D eigenvalue weighted by molar-refractivity contribution is 5.85. The molecule has 0 spiro atoms. The number of carbonyl (C=O) groups excluding carboxylic acids is 1. The predicted octanol–water partition coefficient (Wildman–Crippen LogP) is 2.81. The van der Waals surface area contributed by atoms with E-state index in [0.29, 0.717) is 12.1 Å². The first-order chi connectivity index (χ1) is 9.11. The van der Waals surface area contributed by atoms with Gasteiger partial charge >= 0.3 is 0 Å². The lowest BCUT2D eigenvalue weighted by Crippen LogP contribution is -2.56. The fourth-order valence-electron chi connectivity index (χ4n) is 2.97. The second-order valence-corrected chi connectivity index (χ2v) is 5.58. The molecule has 20 heavy (non-hydrogen) atoms. The molecule has 0 aliphatic carbocycles. The Bertz CT molecular complexity index is 414. The molecule has 2 rings (SSSR count). The third-order valence-corrected chi connectivity index (χ3v) is 3.78. The lowest BCUT2D eigenvalue weighted by atomic mass is 9.94. The summed E-state index contributed by atoms with van der Waals surface area (Å²) >= 11 is 0. The molecule has 0 radical (unpaired) electrons. The minimum atomic E-state index is -0.00120. The van der Waals surface area contributed by atoms with Crippen molar-refractivity contribution in [1.82, 2.24) is 10.2 Å². The first kappa shape index (κ1) is 17.0. The first-order valence-electron chi connectivity index (χ1n) is 7.21. The summed E-state index contributed by atoms with van der Waals surface area (Å²) in [5.41, 5.74) is 1.13. The Morgan fingerprint density at radius 3 is 2.30 bits per heavy atom. The molecule has 0 saturated carbocycles. The second-order valence-electron chi connectivity index (χ2n) is 5.58. The highest BCUT2D eigenvalue weighted by atomic mass is 35.5. The summed E-state index contributed by atoms with van der Waals surface area (Å²) in [6, 6.07) is 10.9. The van der Waals surface area contributed by atoms with Gasteiger partial charge in [-0.25, -0.2) is 0 Å². The van der Waals surface area contributed by atoms with Gasteiger partial charge < -0.3 is 10.2 Å². The Morgan fingerprint density at radius 1 is 1.25 bits per heavy atom. The molecule has 1 fully saturated rings. The number of nitrogens with zero attached hydrogens (tertiary/aromatic N) is 1. The van der Waals surface area contributed by atoms with Crippen LogP contribution in [-0.2, 0) is 4.79 Å². The highest BCUT2D eigenvalue weighted by Crippen LogP contribution is 2.23. The molecule has 1 aromatic carbocycles. The molecular weight excluding hydrogens is 272 g/mol. The molecule has 1 aliphatic heterocycles. The lowest BCUT2D eigenvalue weighted by Gasteiger charge is -2.38. The number of benzene rings is 1. The Labute approximate surface area is 128 Å². The van der Waals surface area contributed by atoms with E-state index >= 15 is 0 Å². The summed E-state index contributed by atoms with van der Waals surface area (Å²) in [6.07, 6.45) is 0.857.